The van der Waals surface area contributed by atoms with E-state index < -0.39 is 0 Å². The number of aromatic nitrogens is 1. The highest BCUT2D eigenvalue weighted by atomic mass is 35.5. The van der Waals surface area contributed by atoms with Crippen LogP contribution < -0.4 is 5.73 Å². The maximum atomic E-state index is 5.96. The van der Waals surface area contributed by atoms with Crippen molar-refractivity contribution in [2.75, 3.05) is 0 Å². The molecule has 0 aliphatic rings. The van der Waals surface area contributed by atoms with Gasteiger partial charge in [-0.25, -0.2) is 0 Å². The van der Waals surface area contributed by atoms with Gasteiger partial charge in [-0.15, -0.1) is 19.0 Å². The fourth-order valence-electron chi connectivity index (χ4n) is 1.30. The molecule has 0 radical (unpaired) electrons. The normalized spacial score (nSPS) is 11.8. The van der Waals surface area contributed by atoms with Gasteiger partial charge in [-0.2, -0.15) is 0 Å². The maximum Gasteiger partial charge on any atom is 0.0452 e. The number of allylic oxidation sites excluding steroid dienone is 1. The minimum atomic E-state index is 0. The second kappa shape index (κ2) is 5.84. The van der Waals surface area contributed by atoms with E-state index in [0.29, 0.717) is 0 Å². The van der Waals surface area contributed by atoms with Crippen LogP contribution in [0.4, 0.5) is 0 Å². The molecule has 1 rings (SSSR count). The van der Waals surface area contributed by atoms with Gasteiger partial charge in [-0.1, -0.05) is 6.08 Å². The summed E-state index contributed by atoms with van der Waals surface area (Å²) in [4.78, 5) is 0. The minimum Gasteiger partial charge on any atom is -0.353 e. The Labute approximate surface area is 85.8 Å². The van der Waals surface area contributed by atoms with Gasteiger partial charge in [0.2, 0.25) is 0 Å². The molecule has 0 bridgehead atoms. The third kappa shape index (κ3) is 3.25. The van der Waals surface area contributed by atoms with E-state index in [0.717, 1.165) is 12.8 Å². The molecule has 0 aliphatic carbocycles. The fraction of sp³-hybridized carbons (Fsp3) is 0.400. The average molecular weight is 201 g/mol. The van der Waals surface area contributed by atoms with Crippen LogP contribution >= 0.6 is 12.4 Å². The summed E-state index contributed by atoms with van der Waals surface area (Å²) in [5, 5.41) is 0. The van der Waals surface area contributed by atoms with E-state index in [9.17, 15) is 0 Å². The van der Waals surface area contributed by atoms with Crippen LogP contribution in [0.5, 0.6) is 0 Å². The molecule has 0 aliphatic heterocycles. The van der Waals surface area contributed by atoms with Crippen molar-refractivity contribution in [3.63, 3.8) is 0 Å². The van der Waals surface area contributed by atoms with Gasteiger partial charge in [0.15, 0.2) is 0 Å². The van der Waals surface area contributed by atoms with E-state index in [1.165, 1.54) is 5.69 Å². The van der Waals surface area contributed by atoms with Gasteiger partial charge in [-0.3, -0.25) is 0 Å². The zero-order valence-corrected chi connectivity index (χ0v) is 8.76. The van der Waals surface area contributed by atoms with E-state index in [1.807, 2.05) is 25.4 Å². The van der Waals surface area contributed by atoms with Crippen LogP contribution in [-0.2, 0) is 7.05 Å². The minimum absolute atomic E-state index is 0. The molecular weight excluding hydrogens is 184 g/mol. The van der Waals surface area contributed by atoms with Crippen molar-refractivity contribution in [3.8, 4) is 0 Å². The van der Waals surface area contributed by atoms with E-state index >= 15 is 0 Å². The summed E-state index contributed by atoms with van der Waals surface area (Å²) >= 11 is 0. The molecule has 0 unspecified atom stereocenters. The molecule has 0 fully saturated rings. The third-order valence-corrected chi connectivity index (χ3v) is 2.05. The molecule has 0 amide bonds. The molecule has 0 saturated heterocycles. The zero-order valence-electron chi connectivity index (χ0n) is 7.94. The molecule has 1 atom stereocenters. The van der Waals surface area contributed by atoms with Crippen LogP contribution in [0, 0.1) is 0 Å². The third-order valence-electron chi connectivity index (χ3n) is 2.05. The average Bonchev–Trinajstić information content (AvgIpc) is 2.47. The number of halogens is 1. The van der Waals surface area contributed by atoms with Gasteiger partial charge in [0.1, 0.15) is 0 Å². The molecule has 1 heterocycles. The first kappa shape index (κ1) is 12.3. The lowest BCUT2D eigenvalue weighted by Gasteiger charge is -2.11. The predicted molar refractivity (Wildman–Crippen MR) is 59.0 cm³/mol. The van der Waals surface area contributed by atoms with Gasteiger partial charge in [0, 0.05) is 25.0 Å². The van der Waals surface area contributed by atoms with E-state index in [1.54, 1.807) is 0 Å². The van der Waals surface area contributed by atoms with E-state index in [4.69, 9.17) is 5.73 Å². The summed E-state index contributed by atoms with van der Waals surface area (Å²) < 4.78 is 2.06. The lowest BCUT2D eigenvalue weighted by molar-refractivity contribution is 0.614. The highest BCUT2D eigenvalue weighted by Gasteiger charge is 2.06. The van der Waals surface area contributed by atoms with Gasteiger partial charge < -0.3 is 10.3 Å². The first-order chi connectivity index (χ1) is 5.75. The van der Waals surface area contributed by atoms with Crippen molar-refractivity contribution in [3.05, 3.63) is 36.7 Å². The summed E-state index contributed by atoms with van der Waals surface area (Å²) in [5.74, 6) is 0. The lowest BCUT2D eigenvalue weighted by atomic mass is 10.1. The molecule has 74 valence electrons. The van der Waals surface area contributed by atoms with E-state index in [-0.39, 0.29) is 18.4 Å². The number of nitrogens with zero attached hydrogens (tertiary/aromatic N) is 1. The Kier molecular flexibility index (Phi) is 5.51. The van der Waals surface area contributed by atoms with E-state index in [2.05, 4.69) is 17.2 Å². The molecule has 1 aromatic heterocycles. The van der Waals surface area contributed by atoms with Crippen molar-refractivity contribution in [2.45, 2.75) is 18.9 Å². The molecule has 0 spiro atoms. The smallest absolute Gasteiger partial charge is 0.0452 e. The fourth-order valence-corrected chi connectivity index (χ4v) is 1.30. The Bertz CT molecular complexity index is 255. The van der Waals surface area contributed by atoms with Crippen LogP contribution in [0.25, 0.3) is 0 Å². The molecule has 0 aromatic carbocycles. The molecule has 2 nitrogen and oxygen atoms in total. The molecule has 0 saturated carbocycles. The van der Waals surface area contributed by atoms with Crippen LogP contribution in [-0.4, -0.2) is 4.57 Å². The standard InChI is InChI=1S/C10H16N2.ClH/c1-3-4-6-9(11)10-7-5-8-12(10)2;/h3,5,7-9H,1,4,6,11H2,2H3;1H/t9-;/m0./s1. The van der Waals surface area contributed by atoms with Gasteiger partial charge in [0.25, 0.3) is 0 Å². The Hall–Kier alpha value is -0.730. The monoisotopic (exact) mass is 200 g/mol. The van der Waals surface area contributed by atoms with Crippen LogP contribution in [0.2, 0.25) is 0 Å². The summed E-state index contributed by atoms with van der Waals surface area (Å²) in [5.41, 5.74) is 7.15. The van der Waals surface area contributed by atoms with Gasteiger partial charge in [-0.05, 0) is 25.0 Å². The van der Waals surface area contributed by atoms with Crippen molar-refractivity contribution in [1.82, 2.24) is 4.57 Å². The second-order valence-electron chi connectivity index (χ2n) is 3.02. The molecule has 1 aromatic rings. The Balaban J connectivity index is 0.00000144. The predicted octanol–water partition coefficient (Wildman–Crippen LogP) is 2.41. The Morgan fingerprint density at radius 2 is 2.38 bits per heavy atom. The second-order valence-corrected chi connectivity index (χ2v) is 3.02. The first-order valence-corrected chi connectivity index (χ1v) is 4.23. The molecule has 2 N–H and O–H groups in total. The number of aryl methyl sites for hydroxylation is 1. The zero-order chi connectivity index (χ0) is 8.97. The number of rotatable bonds is 4. The highest BCUT2D eigenvalue weighted by molar-refractivity contribution is 5.85. The number of hydrogen-bond acceptors (Lipinski definition) is 1. The van der Waals surface area contributed by atoms with Crippen molar-refractivity contribution in [2.24, 2.45) is 12.8 Å². The number of nitrogens with two attached hydrogens (primary N) is 1. The lowest BCUT2D eigenvalue weighted by Crippen LogP contribution is -2.13. The van der Waals surface area contributed by atoms with Crippen LogP contribution in [0.3, 0.4) is 0 Å². The summed E-state index contributed by atoms with van der Waals surface area (Å²) in [6.07, 6.45) is 5.87. The number of hydrogen-bond donors (Lipinski definition) is 1. The Morgan fingerprint density at radius 3 is 2.85 bits per heavy atom. The summed E-state index contributed by atoms with van der Waals surface area (Å²) in [7, 11) is 2.02. The van der Waals surface area contributed by atoms with Gasteiger partial charge >= 0.3 is 0 Å². The quantitative estimate of drug-likeness (QED) is 0.744. The molecule has 3 heteroatoms. The first-order valence-electron chi connectivity index (χ1n) is 4.23. The van der Waals surface area contributed by atoms with Gasteiger partial charge in [0.05, 0.1) is 0 Å². The largest absolute Gasteiger partial charge is 0.353 e. The van der Waals surface area contributed by atoms with Crippen molar-refractivity contribution >= 4 is 12.4 Å². The SMILES string of the molecule is C=CCC[C@H](N)c1cccn1C.Cl. The van der Waals surface area contributed by atoms with Crippen LogP contribution in [0.15, 0.2) is 31.0 Å². The van der Waals surface area contributed by atoms with Crippen LogP contribution in [0.1, 0.15) is 24.6 Å². The van der Waals surface area contributed by atoms with Crippen molar-refractivity contribution < 1.29 is 0 Å². The summed E-state index contributed by atoms with van der Waals surface area (Å²) in [6, 6.07) is 4.22. The highest BCUT2D eigenvalue weighted by Crippen LogP contribution is 2.15. The maximum absolute atomic E-state index is 5.96. The topological polar surface area (TPSA) is 30.9 Å². The Morgan fingerprint density at radius 1 is 1.69 bits per heavy atom. The molecular formula is C10H17ClN2. The van der Waals surface area contributed by atoms with Crippen molar-refractivity contribution in [1.29, 1.82) is 0 Å². The molecule has 13 heavy (non-hydrogen) atoms. The summed E-state index contributed by atoms with van der Waals surface area (Å²) in [6.45, 7) is 3.67.